The SMILES string of the molecule is CN(Cc1noc(CN)n1)C1CCCN(c2ccccc2)C1=O.Cl. The summed E-state index contributed by atoms with van der Waals surface area (Å²) in [5.74, 6) is 1.08. The number of aromatic nitrogens is 2. The third kappa shape index (κ3) is 3.92. The van der Waals surface area contributed by atoms with Gasteiger partial charge in [0, 0.05) is 12.2 Å². The molecule has 1 fully saturated rings. The van der Waals surface area contributed by atoms with Gasteiger partial charge in [0.25, 0.3) is 0 Å². The molecular formula is C16H22ClN5O2. The lowest BCUT2D eigenvalue weighted by atomic mass is 10.0. The minimum Gasteiger partial charge on any atom is -0.338 e. The summed E-state index contributed by atoms with van der Waals surface area (Å²) >= 11 is 0. The molecule has 1 atom stereocenters. The molecule has 1 aliphatic heterocycles. The fourth-order valence-corrected chi connectivity index (χ4v) is 2.90. The van der Waals surface area contributed by atoms with Gasteiger partial charge in [-0.25, -0.2) is 0 Å². The van der Waals surface area contributed by atoms with Crippen molar-refractivity contribution < 1.29 is 9.32 Å². The van der Waals surface area contributed by atoms with Crippen LogP contribution in [0.3, 0.4) is 0 Å². The molecule has 2 aromatic rings. The van der Waals surface area contributed by atoms with Crippen LogP contribution in [0.2, 0.25) is 0 Å². The lowest BCUT2D eigenvalue weighted by Crippen LogP contribution is -2.51. The molecule has 24 heavy (non-hydrogen) atoms. The van der Waals surface area contributed by atoms with Gasteiger partial charge in [0.15, 0.2) is 5.82 Å². The van der Waals surface area contributed by atoms with Crippen LogP contribution >= 0.6 is 12.4 Å². The van der Waals surface area contributed by atoms with E-state index in [1.165, 1.54) is 0 Å². The highest BCUT2D eigenvalue weighted by Crippen LogP contribution is 2.23. The third-order valence-electron chi connectivity index (χ3n) is 4.09. The number of carbonyl (C=O) groups excluding carboxylic acids is 1. The zero-order valence-corrected chi connectivity index (χ0v) is 14.4. The Morgan fingerprint density at radius 3 is 2.79 bits per heavy atom. The van der Waals surface area contributed by atoms with E-state index in [4.69, 9.17) is 10.3 Å². The molecule has 8 heteroatoms. The van der Waals surface area contributed by atoms with Crippen LogP contribution in [0.25, 0.3) is 0 Å². The molecule has 1 aliphatic rings. The van der Waals surface area contributed by atoms with E-state index in [2.05, 4.69) is 10.1 Å². The molecule has 1 aromatic carbocycles. The molecule has 0 saturated carbocycles. The molecule has 2 N–H and O–H groups in total. The van der Waals surface area contributed by atoms with Gasteiger partial charge in [-0.1, -0.05) is 23.4 Å². The van der Waals surface area contributed by atoms with E-state index in [1.807, 2.05) is 47.2 Å². The zero-order chi connectivity index (χ0) is 16.2. The van der Waals surface area contributed by atoms with Gasteiger partial charge in [0.1, 0.15) is 0 Å². The van der Waals surface area contributed by atoms with Crippen LogP contribution < -0.4 is 10.6 Å². The van der Waals surface area contributed by atoms with Gasteiger partial charge in [-0.05, 0) is 32.0 Å². The average Bonchev–Trinajstić information content (AvgIpc) is 3.03. The topological polar surface area (TPSA) is 88.5 Å². The number of benzene rings is 1. The van der Waals surface area contributed by atoms with Crippen molar-refractivity contribution in [3.63, 3.8) is 0 Å². The number of amides is 1. The smallest absolute Gasteiger partial charge is 0.244 e. The van der Waals surface area contributed by atoms with Crippen molar-refractivity contribution in [2.75, 3.05) is 18.5 Å². The van der Waals surface area contributed by atoms with Crippen LogP contribution in [0.5, 0.6) is 0 Å². The Morgan fingerprint density at radius 1 is 1.38 bits per heavy atom. The number of anilines is 1. The molecule has 0 aliphatic carbocycles. The Balaban J connectivity index is 0.00000208. The van der Waals surface area contributed by atoms with Gasteiger partial charge >= 0.3 is 0 Å². The van der Waals surface area contributed by atoms with Gasteiger partial charge in [-0.3, -0.25) is 9.69 Å². The molecule has 3 rings (SSSR count). The summed E-state index contributed by atoms with van der Waals surface area (Å²) in [4.78, 5) is 20.8. The van der Waals surface area contributed by atoms with E-state index in [9.17, 15) is 4.79 Å². The van der Waals surface area contributed by atoms with Gasteiger partial charge in [-0.15, -0.1) is 12.4 Å². The minimum atomic E-state index is -0.177. The van der Waals surface area contributed by atoms with Crippen molar-refractivity contribution in [3.8, 4) is 0 Å². The van der Waals surface area contributed by atoms with E-state index < -0.39 is 0 Å². The number of rotatable bonds is 5. The highest BCUT2D eigenvalue weighted by atomic mass is 35.5. The number of nitrogens with two attached hydrogens (primary N) is 1. The molecule has 0 radical (unpaired) electrons. The molecule has 2 heterocycles. The number of halogens is 1. The van der Waals surface area contributed by atoms with Crippen molar-refractivity contribution >= 4 is 24.0 Å². The molecule has 130 valence electrons. The summed E-state index contributed by atoms with van der Waals surface area (Å²) in [6.45, 7) is 1.44. The second-order valence-corrected chi connectivity index (χ2v) is 5.71. The standard InChI is InChI=1S/C16H21N5O2.ClH/c1-20(11-14-18-15(10-17)23-19-14)13-8-5-9-21(16(13)22)12-6-3-2-4-7-12;/h2-4,6-7,13H,5,8-11,17H2,1H3;1H. The summed E-state index contributed by atoms with van der Waals surface area (Å²) in [5.41, 5.74) is 6.42. The molecule has 1 aromatic heterocycles. The summed E-state index contributed by atoms with van der Waals surface area (Å²) in [6, 6.07) is 9.60. The first-order valence-corrected chi connectivity index (χ1v) is 7.77. The second kappa shape index (κ2) is 8.23. The largest absolute Gasteiger partial charge is 0.338 e. The lowest BCUT2D eigenvalue weighted by Gasteiger charge is -2.36. The van der Waals surface area contributed by atoms with Gasteiger partial charge in [0.05, 0.1) is 19.1 Å². The Morgan fingerprint density at radius 2 is 2.12 bits per heavy atom. The molecule has 1 saturated heterocycles. The van der Waals surface area contributed by atoms with Crippen LogP contribution in [0.15, 0.2) is 34.9 Å². The van der Waals surface area contributed by atoms with E-state index >= 15 is 0 Å². The molecule has 1 unspecified atom stereocenters. The van der Waals surface area contributed by atoms with Crippen molar-refractivity contribution in [3.05, 3.63) is 42.0 Å². The number of piperidine rings is 1. The molecular weight excluding hydrogens is 330 g/mol. The van der Waals surface area contributed by atoms with Crippen molar-refractivity contribution in [2.45, 2.75) is 32.0 Å². The Hall–Kier alpha value is -1.96. The van der Waals surface area contributed by atoms with Crippen molar-refractivity contribution in [2.24, 2.45) is 5.73 Å². The zero-order valence-electron chi connectivity index (χ0n) is 13.6. The van der Waals surface area contributed by atoms with E-state index in [0.717, 1.165) is 25.1 Å². The van der Waals surface area contributed by atoms with E-state index in [0.29, 0.717) is 18.3 Å². The lowest BCUT2D eigenvalue weighted by molar-refractivity contribution is -0.125. The number of carbonyl (C=O) groups is 1. The Kier molecular flexibility index (Phi) is 6.30. The molecule has 7 nitrogen and oxygen atoms in total. The number of hydrogen-bond acceptors (Lipinski definition) is 6. The maximum absolute atomic E-state index is 12.8. The number of nitrogens with zero attached hydrogens (tertiary/aromatic N) is 4. The van der Waals surface area contributed by atoms with Crippen molar-refractivity contribution in [1.29, 1.82) is 0 Å². The number of likely N-dealkylation sites (N-methyl/N-ethyl adjacent to an activating group) is 1. The van der Waals surface area contributed by atoms with Crippen LogP contribution in [0, 0.1) is 0 Å². The van der Waals surface area contributed by atoms with Crippen LogP contribution in [-0.2, 0) is 17.9 Å². The van der Waals surface area contributed by atoms with Crippen LogP contribution in [0.1, 0.15) is 24.6 Å². The van der Waals surface area contributed by atoms with Gasteiger partial charge in [-0.2, -0.15) is 4.98 Å². The number of hydrogen-bond donors (Lipinski definition) is 1. The fourth-order valence-electron chi connectivity index (χ4n) is 2.90. The summed E-state index contributed by atoms with van der Waals surface area (Å²) in [7, 11) is 1.91. The fraction of sp³-hybridized carbons (Fsp3) is 0.438. The summed E-state index contributed by atoms with van der Waals surface area (Å²) < 4.78 is 5.01. The van der Waals surface area contributed by atoms with E-state index in [-0.39, 0.29) is 30.9 Å². The van der Waals surface area contributed by atoms with Crippen LogP contribution in [0.4, 0.5) is 5.69 Å². The van der Waals surface area contributed by atoms with Gasteiger partial charge in [0.2, 0.25) is 11.8 Å². The monoisotopic (exact) mass is 351 g/mol. The third-order valence-corrected chi connectivity index (χ3v) is 4.09. The normalized spacial score (nSPS) is 17.9. The highest BCUT2D eigenvalue weighted by molar-refractivity contribution is 5.97. The maximum atomic E-state index is 12.8. The number of para-hydroxylation sites is 1. The predicted molar refractivity (Wildman–Crippen MR) is 92.7 cm³/mol. The summed E-state index contributed by atoms with van der Waals surface area (Å²) in [6.07, 6.45) is 1.80. The summed E-state index contributed by atoms with van der Waals surface area (Å²) in [5, 5.41) is 3.89. The predicted octanol–water partition coefficient (Wildman–Crippen LogP) is 1.58. The minimum absolute atomic E-state index is 0. The molecule has 0 spiro atoms. The second-order valence-electron chi connectivity index (χ2n) is 5.71. The quantitative estimate of drug-likeness (QED) is 0.879. The van der Waals surface area contributed by atoms with Gasteiger partial charge < -0.3 is 15.2 Å². The van der Waals surface area contributed by atoms with Crippen LogP contribution in [-0.4, -0.2) is 40.6 Å². The average molecular weight is 352 g/mol. The maximum Gasteiger partial charge on any atom is 0.244 e. The molecule has 0 bridgehead atoms. The Labute approximate surface area is 147 Å². The molecule has 1 amide bonds. The Bertz CT molecular complexity index is 663. The van der Waals surface area contributed by atoms with E-state index in [1.54, 1.807) is 0 Å². The highest BCUT2D eigenvalue weighted by Gasteiger charge is 2.32. The first-order chi connectivity index (χ1) is 11.2. The van der Waals surface area contributed by atoms with Crippen molar-refractivity contribution in [1.82, 2.24) is 15.0 Å². The first kappa shape index (κ1) is 18.4. The first-order valence-electron chi connectivity index (χ1n) is 7.77.